The first-order chi connectivity index (χ1) is 17.3. The average molecular weight is 533 g/mol. The number of nitrogens with one attached hydrogen (secondary N) is 1. The highest BCUT2D eigenvalue weighted by Crippen LogP contribution is 2.38. The van der Waals surface area contributed by atoms with Crippen LogP contribution < -0.4 is 11.1 Å². The molecule has 4 rings (SSSR count). The highest BCUT2D eigenvalue weighted by Gasteiger charge is 2.53. The first-order valence-corrected chi connectivity index (χ1v) is 12.5. The van der Waals surface area contributed by atoms with Crippen LogP contribution in [-0.2, 0) is 30.6 Å². The number of amides is 2. The molecule has 1 aromatic carbocycles. The molecule has 2 aromatic rings. The van der Waals surface area contributed by atoms with Crippen molar-refractivity contribution in [1.82, 2.24) is 15.2 Å². The minimum Gasteiger partial charge on any atom is -0.456 e. The Morgan fingerprint density at radius 3 is 2.75 bits per heavy atom. The number of carbonyl (C=O) groups is 3. The number of esters is 1. The zero-order chi connectivity index (χ0) is 25.8. The van der Waals surface area contributed by atoms with E-state index < -0.39 is 34.1 Å². The Balaban J connectivity index is 1.39. The predicted molar refractivity (Wildman–Crippen MR) is 131 cm³/mol. The molecule has 1 fully saturated rings. The summed E-state index contributed by atoms with van der Waals surface area (Å²) >= 11 is 2.51. The van der Waals surface area contributed by atoms with Gasteiger partial charge in [0.2, 0.25) is 0 Å². The van der Waals surface area contributed by atoms with E-state index in [9.17, 15) is 24.5 Å². The van der Waals surface area contributed by atoms with E-state index in [4.69, 9.17) is 15.3 Å². The molecule has 0 saturated carbocycles. The summed E-state index contributed by atoms with van der Waals surface area (Å²) in [6, 6.07) is 4.70. The van der Waals surface area contributed by atoms with E-state index in [0.717, 1.165) is 11.3 Å². The first kappa shape index (κ1) is 25.1. The van der Waals surface area contributed by atoms with Gasteiger partial charge in [-0.3, -0.25) is 24.6 Å². The number of thiazole rings is 1. The quantitative estimate of drug-likeness (QED) is 0.158. The van der Waals surface area contributed by atoms with Crippen LogP contribution in [0.25, 0.3) is 0 Å². The number of nitrogens with zero attached hydrogens (tertiary/aromatic N) is 4. The van der Waals surface area contributed by atoms with Crippen LogP contribution in [0.3, 0.4) is 0 Å². The SMILES string of the molecule is CCON=C(C(=O)NC1C(=O)N2C(C(=O)OCc3ccc([N+](=O)[O-])cc3)=CCS[C@H]12)c1csc(N)n1. The molecule has 2 atom stereocenters. The van der Waals surface area contributed by atoms with Crippen molar-refractivity contribution in [3.8, 4) is 0 Å². The summed E-state index contributed by atoms with van der Waals surface area (Å²) in [7, 11) is 0. The number of hydrogen-bond donors (Lipinski definition) is 2. The van der Waals surface area contributed by atoms with Crippen LogP contribution in [0.15, 0.2) is 46.6 Å². The van der Waals surface area contributed by atoms with Gasteiger partial charge in [0.15, 0.2) is 10.8 Å². The lowest BCUT2D eigenvalue weighted by molar-refractivity contribution is -0.384. The number of non-ortho nitro benzene ring substituents is 1. The predicted octanol–water partition coefficient (Wildman–Crippen LogP) is 1.40. The maximum atomic E-state index is 12.9. The van der Waals surface area contributed by atoms with E-state index in [1.807, 2.05) is 0 Å². The summed E-state index contributed by atoms with van der Waals surface area (Å²) in [5.41, 5.74) is 6.32. The van der Waals surface area contributed by atoms with Gasteiger partial charge in [0, 0.05) is 23.3 Å². The first-order valence-electron chi connectivity index (χ1n) is 10.6. The van der Waals surface area contributed by atoms with Crippen molar-refractivity contribution < 1.29 is 28.9 Å². The van der Waals surface area contributed by atoms with Gasteiger partial charge in [0.25, 0.3) is 17.5 Å². The molecule has 0 radical (unpaired) electrons. The fourth-order valence-corrected chi connectivity index (χ4v) is 5.15. The number of thioether (sulfide) groups is 1. The number of hydrogen-bond acceptors (Lipinski definition) is 12. The lowest BCUT2D eigenvalue weighted by Crippen LogP contribution is -2.70. The topological polar surface area (TPSA) is 179 Å². The molecule has 2 aliphatic heterocycles. The number of aromatic nitrogens is 1. The Morgan fingerprint density at radius 1 is 1.36 bits per heavy atom. The van der Waals surface area contributed by atoms with Gasteiger partial charge in [-0.05, 0) is 30.7 Å². The molecule has 188 valence electrons. The molecule has 0 bridgehead atoms. The highest BCUT2D eigenvalue weighted by molar-refractivity contribution is 8.00. The lowest BCUT2D eigenvalue weighted by Gasteiger charge is -2.48. The van der Waals surface area contributed by atoms with Crippen molar-refractivity contribution in [3.05, 3.63) is 62.8 Å². The number of fused-ring (bicyclic) bond motifs is 1. The maximum absolute atomic E-state index is 12.9. The standard InChI is InChI=1S/C21H20N6O7S2/c1-2-34-25-15(13-10-36-21(22)23-13)17(28)24-16-18(29)26-14(7-8-35-19(16)26)20(30)33-9-11-3-5-12(6-4-11)27(31)32/h3-7,10,16,19H,2,8-9H2,1H3,(H2,22,23)(H,24,28)/t16?,19-/m1/s1. The monoisotopic (exact) mass is 532 g/mol. The van der Waals surface area contributed by atoms with Gasteiger partial charge in [-0.25, -0.2) is 9.78 Å². The van der Waals surface area contributed by atoms with Crippen molar-refractivity contribution in [2.24, 2.45) is 5.16 Å². The molecule has 3 N–H and O–H groups in total. The lowest BCUT2D eigenvalue weighted by atomic mass is 10.0. The molecule has 2 amide bonds. The van der Waals surface area contributed by atoms with Crippen molar-refractivity contribution in [1.29, 1.82) is 0 Å². The molecule has 2 aliphatic rings. The van der Waals surface area contributed by atoms with E-state index in [2.05, 4.69) is 15.5 Å². The molecular weight excluding hydrogens is 512 g/mol. The average Bonchev–Trinajstić information content (AvgIpc) is 3.31. The Morgan fingerprint density at radius 2 is 2.11 bits per heavy atom. The third kappa shape index (κ3) is 5.16. The Hall–Kier alpha value is -3.98. The van der Waals surface area contributed by atoms with Gasteiger partial charge in [0.05, 0.1) is 4.92 Å². The molecule has 3 heterocycles. The van der Waals surface area contributed by atoms with Gasteiger partial charge in [-0.2, -0.15) is 0 Å². The largest absolute Gasteiger partial charge is 0.456 e. The van der Waals surface area contributed by atoms with E-state index in [1.54, 1.807) is 18.4 Å². The van der Waals surface area contributed by atoms with E-state index in [1.165, 1.54) is 40.9 Å². The fraction of sp³-hybridized carbons (Fsp3) is 0.286. The normalized spacial score (nSPS) is 19.0. The van der Waals surface area contributed by atoms with Crippen molar-refractivity contribution in [3.63, 3.8) is 0 Å². The minimum absolute atomic E-state index is 0.0756. The molecule has 36 heavy (non-hydrogen) atoms. The summed E-state index contributed by atoms with van der Waals surface area (Å²) in [5, 5.41) is 18.5. The summed E-state index contributed by atoms with van der Waals surface area (Å²) in [6.45, 7) is 1.80. The summed E-state index contributed by atoms with van der Waals surface area (Å²) < 4.78 is 5.31. The number of oxime groups is 1. The fourth-order valence-electron chi connectivity index (χ4n) is 3.41. The van der Waals surface area contributed by atoms with E-state index in [0.29, 0.717) is 11.3 Å². The van der Waals surface area contributed by atoms with Gasteiger partial charge in [-0.1, -0.05) is 5.16 Å². The summed E-state index contributed by atoms with van der Waals surface area (Å²) in [4.78, 5) is 59.0. The molecule has 1 saturated heterocycles. The number of β-lactam (4-membered cyclic amide) rings is 1. The van der Waals surface area contributed by atoms with Gasteiger partial charge < -0.3 is 20.6 Å². The van der Waals surface area contributed by atoms with Gasteiger partial charge in [0.1, 0.15) is 36.0 Å². The van der Waals surface area contributed by atoms with Gasteiger partial charge >= 0.3 is 5.97 Å². The minimum atomic E-state index is -0.892. The number of nitro groups is 1. The number of nitro benzene ring substituents is 1. The zero-order valence-electron chi connectivity index (χ0n) is 18.8. The van der Waals surface area contributed by atoms with Crippen molar-refractivity contribution in [2.75, 3.05) is 18.1 Å². The Kier molecular flexibility index (Phi) is 7.49. The number of anilines is 1. The number of rotatable bonds is 9. The molecule has 1 unspecified atom stereocenters. The van der Waals surface area contributed by atoms with Crippen LogP contribution in [0.5, 0.6) is 0 Å². The number of carbonyl (C=O) groups excluding carboxylic acids is 3. The number of nitrogens with two attached hydrogens (primary N) is 1. The molecule has 0 aliphatic carbocycles. The maximum Gasteiger partial charge on any atom is 0.355 e. The summed E-state index contributed by atoms with van der Waals surface area (Å²) in [6.07, 6.45) is 1.58. The molecule has 0 spiro atoms. The second-order valence-corrected chi connectivity index (χ2v) is 9.44. The number of ether oxygens (including phenoxy) is 1. The molecule has 1 aromatic heterocycles. The molecule has 13 nitrogen and oxygen atoms in total. The van der Waals surface area contributed by atoms with Crippen LogP contribution in [0.1, 0.15) is 18.2 Å². The van der Waals surface area contributed by atoms with E-state index in [-0.39, 0.29) is 41.1 Å². The van der Waals surface area contributed by atoms with Crippen LogP contribution in [-0.4, -0.2) is 62.1 Å². The number of benzene rings is 1. The second-order valence-electron chi connectivity index (χ2n) is 7.40. The van der Waals surface area contributed by atoms with Crippen molar-refractivity contribution in [2.45, 2.75) is 24.9 Å². The molecule has 15 heteroatoms. The molecular formula is C21H20N6O7S2. The van der Waals surface area contributed by atoms with E-state index >= 15 is 0 Å². The van der Waals surface area contributed by atoms with Crippen LogP contribution in [0.2, 0.25) is 0 Å². The second kappa shape index (κ2) is 10.7. The van der Waals surface area contributed by atoms with Crippen molar-refractivity contribution >= 4 is 57.4 Å². The Bertz CT molecular complexity index is 1260. The third-order valence-corrected chi connectivity index (χ3v) is 6.98. The van der Waals surface area contributed by atoms with Crippen LogP contribution in [0, 0.1) is 10.1 Å². The summed E-state index contributed by atoms with van der Waals surface area (Å²) in [5.74, 6) is -1.43. The third-order valence-electron chi connectivity index (χ3n) is 5.12. The van der Waals surface area contributed by atoms with Crippen LogP contribution >= 0.6 is 23.1 Å². The van der Waals surface area contributed by atoms with Crippen LogP contribution in [0.4, 0.5) is 10.8 Å². The Labute approximate surface area is 212 Å². The number of nitrogen functional groups attached to an aromatic ring is 1. The van der Waals surface area contributed by atoms with Gasteiger partial charge in [-0.15, -0.1) is 23.1 Å². The zero-order valence-corrected chi connectivity index (χ0v) is 20.4. The smallest absolute Gasteiger partial charge is 0.355 e. The highest BCUT2D eigenvalue weighted by atomic mass is 32.2.